The first-order valence-corrected chi connectivity index (χ1v) is 9.12. The molecule has 0 saturated heterocycles. The lowest BCUT2D eigenvalue weighted by Gasteiger charge is -2.17. The van der Waals surface area contributed by atoms with E-state index in [1.807, 2.05) is 0 Å². The Morgan fingerprint density at radius 3 is 2.65 bits per heavy atom. The van der Waals surface area contributed by atoms with E-state index in [0.717, 1.165) is 12.8 Å². The molecule has 2 rings (SSSR count). The standard InChI is InChI=1S/C13H13BrClNO3S/c1-9-6-10(14)7-11(20(15,17)18)12(9)19-8-13(2-3-13)4-5-16/h6-7H,2-4,8H2,1H3. The van der Waals surface area contributed by atoms with E-state index in [0.29, 0.717) is 23.1 Å². The molecule has 1 saturated carbocycles. The average molecular weight is 379 g/mol. The largest absolute Gasteiger partial charge is 0.491 e. The van der Waals surface area contributed by atoms with Gasteiger partial charge in [-0.1, -0.05) is 15.9 Å². The number of aryl methyl sites for hydroxylation is 1. The summed E-state index contributed by atoms with van der Waals surface area (Å²) in [6, 6.07) is 5.34. The molecule has 1 aliphatic rings. The van der Waals surface area contributed by atoms with Crippen molar-refractivity contribution in [2.45, 2.75) is 31.1 Å². The molecule has 0 atom stereocenters. The maximum atomic E-state index is 11.6. The summed E-state index contributed by atoms with van der Waals surface area (Å²) in [6.45, 7) is 2.10. The lowest BCUT2D eigenvalue weighted by Crippen LogP contribution is -2.14. The van der Waals surface area contributed by atoms with Gasteiger partial charge >= 0.3 is 0 Å². The van der Waals surface area contributed by atoms with E-state index in [1.165, 1.54) is 6.07 Å². The Kier molecular flexibility index (Phi) is 4.33. The highest BCUT2D eigenvalue weighted by Gasteiger charge is 2.43. The van der Waals surface area contributed by atoms with Crippen LogP contribution in [0.5, 0.6) is 5.75 Å². The molecule has 0 N–H and O–H groups in total. The van der Waals surface area contributed by atoms with E-state index in [2.05, 4.69) is 22.0 Å². The zero-order valence-electron chi connectivity index (χ0n) is 10.8. The summed E-state index contributed by atoms with van der Waals surface area (Å²) in [7, 11) is 1.57. The fraction of sp³-hybridized carbons (Fsp3) is 0.462. The monoisotopic (exact) mass is 377 g/mol. The first-order valence-electron chi connectivity index (χ1n) is 6.02. The van der Waals surface area contributed by atoms with Crippen LogP contribution in [-0.2, 0) is 9.05 Å². The summed E-state index contributed by atoms with van der Waals surface area (Å²) in [6.07, 6.45) is 2.28. The van der Waals surface area contributed by atoms with Crippen LogP contribution < -0.4 is 4.74 Å². The minimum absolute atomic E-state index is 0.0428. The summed E-state index contributed by atoms with van der Waals surface area (Å²) < 4.78 is 29.6. The van der Waals surface area contributed by atoms with Crippen molar-refractivity contribution < 1.29 is 13.2 Å². The van der Waals surface area contributed by atoms with Crippen LogP contribution in [0.1, 0.15) is 24.8 Å². The van der Waals surface area contributed by atoms with Gasteiger partial charge in [-0.3, -0.25) is 0 Å². The van der Waals surface area contributed by atoms with E-state index in [4.69, 9.17) is 20.7 Å². The third-order valence-corrected chi connectivity index (χ3v) is 5.19. The van der Waals surface area contributed by atoms with E-state index < -0.39 is 9.05 Å². The average Bonchev–Trinajstić information content (AvgIpc) is 3.06. The molecule has 0 unspecified atom stereocenters. The second kappa shape index (κ2) is 5.55. The Labute approximate surface area is 131 Å². The third-order valence-electron chi connectivity index (χ3n) is 3.40. The SMILES string of the molecule is Cc1cc(Br)cc(S(=O)(=O)Cl)c1OCC1(CC#N)CC1. The summed E-state index contributed by atoms with van der Waals surface area (Å²) in [4.78, 5) is -0.0428. The quantitative estimate of drug-likeness (QED) is 0.732. The Bertz CT molecular complexity index is 678. The fourth-order valence-corrected chi connectivity index (χ4v) is 3.78. The van der Waals surface area contributed by atoms with Gasteiger partial charge in [0.1, 0.15) is 10.6 Å². The van der Waals surface area contributed by atoms with E-state index in [-0.39, 0.29) is 16.1 Å². The molecule has 0 amide bonds. The van der Waals surface area contributed by atoms with Gasteiger partial charge in [0, 0.05) is 27.0 Å². The zero-order valence-corrected chi connectivity index (χ0v) is 14.0. The van der Waals surface area contributed by atoms with Gasteiger partial charge in [0.2, 0.25) is 0 Å². The summed E-state index contributed by atoms with van der Waals surface area (Å²) in [5.41, 5.74) is 0.563. The molecule has 1 fully saturated rings. The highest BCUT2D eigenvalue weighted by Crippen LogP contribution is 2.49. The molecule has 0 bridgehead atoms. The summed E-state index contributed by atoms with van der Waals surface area (Å²) >= 11 is 3.25. The number of hydrogen-bond acceptors (Lipinski definition) is 4. The maximum absolute atomic E-state index is 11.6. The number of hydrogen-bond donors (Lipinski definition) is 0. The Morgan fingerprint density at radius 1 is 1.50 bits per heavy atom. The van der Waals surface area contributed by atoms with Crippen molar-refractivity contribution in [1.29, 1.82) is 5.26 Å². The molecule has 0 spiro atoms. The number of ether oxygens (including phenoxy) is 1. The lowest BCUT2D eigenvalue weighted by atomic mass is 10.1. The lowest BCUT2D eigenvalue weighted by molar-refractivity contribution is 0.230. The number of nitriles is 1. The number of nitrogens with zero attached hydrogens (tertiary/aromatic N) is 1. The molecular formula is C13H13BrClNO3S. The van der Waals surface area contributed by atoms with Crippen LogP contribution in [0.3, 0.4) is 0 Å². The highest BCUT2D eigenvalue weighted by molar-refractivity contribution is 9.10. The van der Waals surface area contributed by atoms with E-state index in [1.54, 1.807) is 13.0 Å². The fourth-order valence-electron chi connectivity index (χ4n) is 2.01. The molecule has 0 aromatic heterocycles. The Hall–Kier alpha value is -0.770. The Balaban J connectivity index is 2.30. The molecular weight excluding hydrogens is 366 g/mol. The van der Waals surface area contributed by atoms with Crippen molar-refractivity contribution in [2.75, 3.05) is 6.61 Å². The minimum Gasteiger partial charge on any atom is -0.491 e. The number of rotatable bonds is 5. The molecule has 4 nitrogen and oxygen atoms in total. The van der Waals surface area contributed by atoms with Gasteiger partial charge in [-0.25, -0.2) is 8.42 Å². The van der Waals surface area contributed by atoms with Gasteiger partial charge in [-0.15, -0.1) is 0 Å². The van der Waals surface area contributed by atoms with Crippen LogP contribution in [0.4, 0.5) is 0 Å². The summed E-state index contributed by atoms with van der Waals surface area (Å²) in [5.74, 6) is 0.271. The van der Waals surface area contributed by atoms with Gasteiger partial charge in [-0.05, 0) is 37.5 Å². The molecule has 0 heterocycles. The van der Waals surface area contributed by atoms with Crippen molar-refractivity contribution in [3.63, 3.8) is 0 Å². The van der Waals surface area contributed by atoms with Crippen LogP contribution in [0.2, 0.25) is 0 Å². The van der Waals surface area contributed by atoms with Crippen LogP contribution in [0, 0.1) is 23.7 Å². The topological polar surface area (TPSA) is 67.2 Å². The van der Waals surface area contributed by atoms with Crippen LogP contribution in [0.15, 0.2) is 21.5 Å². The number of halogens is 2. The third kappa shape index (κ3) is 3.46. The van der Waals surface area contributed by atoms with Gasteiger partial charge in [0.05, 0.1) is 12.7 Å². The molecule has 7 heteroatoms. The summed E-state index contributed by atoms with van der Waals surface area (Å²) in [5, 5.41) is 8.79. The van der Waals surface area contributed by atoms with Gasteiger partial charge in [-0.2, -0.15) is 5.26 Å². The van der Waals surface area contributed by atoms with Crippen LogP contribution in [0.25, 0.3) is 0 Å². The van der Waals surface area contributed by atoms with Gasteiger partial charge in [0.25, 0.3) is 9.05 Å². The Morgan fingerprint density at radius 2 is 2.15 bits per heavy atom. The molecule has 1 aromatic carbocycles. The van der Waals surface area contributed by atoms with Crippen LogP contribution >= 0.6 is 26.6 Å². The first kappa shape index (κ1) is 15.6. The van der Waals surface area contributed by atoms with Crippen LogP contribution in [-0.4, -0.2) is 15.0 Å². The predicted octanol–water partition coefficient (Wildman–Crippen LogP) is 3.76. The molecule has 1 aliphatic carbocycles. The van der Waals surface area contributed by atoms with Crippen molar-refractivity contribution in [3.05, 3.63) is 22.2 Å². The molecule has 1 aromatic rings. The first-order chi connectivity index (χ1) is 9.27. The van der Waals surface area contributed by atoms with Crippen molar-refractivity contribution >= 4 is 35.7 Å². The van der Waals surface area contributed by atoms with E-state index >= 15 is 0 Å². The minimum atomic E-state index is -3.89. The van der Waals surface area contributed by atoms with Gasteiger partial charge < -0.3 is 4.74 Å². The van der Waals surface area contributed by atoms with Crippen molar-refractivity contribution in [2.24, 2.45) is 5.41 Å². The molecule has 20 heavy (non-hydrogen) atoms. The van der Waals surface area contributed by atoms with Gasteiger partial charge in [0.15, 0.2) is 0 Å². The maximum Gasteiger partial charge on any atom is 0.265 e. The second-order valence-corrected chi connectivity index (χ2v) is 8.56. The highest BCUT2D eigenvalue weighted by atomic mass is 79.9. The zero-order chi connectivity index (χ0) is 15.0. The van der Waals surface area contributed by atoms with Crippen molar-refractivity contribution in [3.8, 4) is 11.8 Å². The number of benzene rings is 1. The second-order valence-electron chi connectivity index (χ2n) is 5.11. The van der Waals surface area contributed by atoms with Crippen molar-refractivity contribution in [1.82, 2.24) is 0 Å². The molecule has 0 aliphatic heterocycles. The predicted molar refractivity (Wildman–Crippen MR) is 79.3 cm³/mol. The molecule has 108 valence electrons. The molecule has 0 radical (unpaired) electrons. The van der Waals surface area contributed by atoms with E-state index in [9.17, 15) is 8.42 Å². The normalized spacial score (nSPS) is 16.5. The smallest absolute Gasteiger partial charge is 0.265 e.